The van der Waals surface area contributed by atoms with E-state index >= 15 is 0 Å². The van der Waals surface area contributed by atoms with Gasteiger partial charge in [0.15, 0.2) is 0 Å². The zero-order valence-electron chi connectivity index (χ0n) is 12.1. The number of rotatable bonds is 4. The molecule has 1 aliphatic carbocycles. The third-order valence-corrected chi connectivity index (χ3v) is 3.34. The van der Waals surface area contributed by atoms with Crippen LogP contribution < -0.4 is 16.4 Å². The summed E-state index contributed by atoms with van der Waals surface area (Å²) in [6.07, 6.45) is 6.90. The van der Waals surface area contributed by atoms with Gasteiger partial charge in [-0.3, -0.25) is 0 Å². The molecule has 4 nitrogen and oxygen atoms in total. The Morgan fingerprint density at radius 1 is 1.28 bits per heavy atom. The van der Waals surface area contributed by atoms with Gasteiger partial charge in [0, 0.05) is 18.6 Å². The number of amides is 2. The lowest BCUT2D eigenvalue weighted by Gasteiger charge is -2.25. The van der Waals surface area contributed by atoms with Crippen molar-refractivity contribution in [1.82, 2.24) is 10.6 Å². The van der Waals surface area contributed by atoms with Crippen LogP contribution in [0, 0.1) is 5.41 Å². The van der Waals surface area contributed by atoms with Crippen molar-refractivity contribution < 1.29 is 4.79 Å². The van der Waals surface area contributed by atoms with Gasteiger partial charge in [0.05, 0.1) is 0 Å². The lowest BCUT2D eigenvalue weighted by molar-refractivity contribution is 0.230. The van der Waals surface area contributed by atoms with Crippen molar-refractivity contribution in [1.29, 1.82) is 0 Å². The highest BCUT2D eigenvalue weighted by atomic mass is 16.2. The second-order valence-electron chi connectivity index (χ2n) is 6.71. The lowest BCUT2D eigenvalue weighted by Crippen LogP contribution is -2.47. The largest absolute Gasteiger partial charge is 0.337 e. The summed E-state index contributed by atoms with van der Waals surface area (Å²) in [4.78, 5) is 11.7. The summed E-state index contributed by atoms with van der Waals surface area (Å²) in [6.45, 7) is 7.04. The normalized spacial score (nSPS) is 19.3. The molecule has 0 radical (unpaired) electrons. The van der Waals surface area contributed by atoms with Crippen LogP contribution in [-0.2, 0) is 0 Å². The molecule has 1 atom stereocenters. The molecule has 1 aliphatic rings. The Bertz CT molecular complexity index is 254. The second-order valence-corrected chi connectivity index (χ2v) is 6.71. The summed E-state index contributed by atoms with van der Waals surface area (Å²) in [6, 6.07) is 0.325. The SMILES string of the molecule is CC(C)(C)CC(N)CNC(=O)NC1CCCCC1. The maximum atomic E-state index is 11.7. The number of carbonyl (C=O) groups excluding carboxylic acids is 1. The molecule has 0 heterocycles. The quantitative estimate of drug-likeness (QED) is 0.722. The van der Waals surface area contributed by atoms with Gasteiger partial charge in [0.2, 0.25) is 0 Å². The fraction of sp³-hybridized carbons (Fsp3) is 0.929. The van der Waals surface area contributed by atoms with E-state index < -0.39 is 0 Å². The molecule has 4 N–H and O–H groups in total. The fourth-order valence-electron chi connectivity index (χ4n) is 2.57. The first-order valence-electron chi connectivity index (χ1n) is 7.17. The Morgan fingerprint density at radius 3 is 2.44 bits per heavy atom. The number of hydrogen-bond acceptors (Lipinski definition) is 2. The summed E-state index contributed by atoms with van der Waals surface area (Å²) in [5, 5.41) is 5.91. The molecule has 0 aromatic carbocycles. The lowest BCUT2D eigenvalue weighted by atomic mass is 9.88. The van der Waals surface area contributed by atoms with Crippen LogP contribution in [0.3, 0.4) is 0 Å². The van der Waals surface area contributed by atoms with Crippen molar-refractivity contribution >= 4 is 6.03 Å². The molecule has 4 heteroatoms. The van der Waals surface area contributed by atoms with Crippen molar-refractivity contribution in [2.24, 2.45) is 11.1 Å². The summed E-state index contributed by atoms with van der Waals surface area (Å²) in [7, 11) is 0. The fourth-order valence-corrected chi connectivity index (χ4v) is 2.57. The molecule has 0 aromatic rings. The van der Waals surface area contributed by atoms with Crippen LogP contribution >= 0.6 is 0 Å². The third-order valence-electron chi connectivity index (χ3n) is 3.34. The minimum absolute atomic E-state index is 0.0297. The van der Waals surface area contributed by atoms with Crippen LogP contribution in [0.25, 0.3) is 0 Å². The van der Waals surface area contributed by atoms with Gasteiger partial charge < -0.3 is 16.4 Å². The Hall–Kier alpha value is -0.770. The van der Waals surface area contributed by atoms with Gasteiger partial charge in [-0.25, -0.2) is 4.79 Å². The molecule has 106 valence electrons. The molecule has 0 bridgehead atoms. The Balaban J connectivity index is 2.16. The van der Waals surface area contributed by atoms with E-state index in [1.165, 1.54) is 19.3 Å². The van der Waals surface area contributed by atoms with Crippen molar-refractivity contribution in [3.63, 3.8) is 0 Å². The van der Waals surface area contributed by atoms with Crippen molar-refractivity contribution in [2.45, 2.75) is 71.4 Å². The van der Waals surface area contributed by atoms with Crippen molar-refractivity contribution in [2.75, 3.05) is 6.54 Å². The van der Waals surface area contributed by atoms with Gasteiger partial charge in [-0.15, -0.1) is 0 Å². The zero-order valence-corrected chi connectivity index (χ0v) is 12.1. The third kappa shape index (κ3) is 6.84. The second kappa shape index (κ2) is 6.98. The maximum absolute atomic E-state index is 11.7. The first-order valence-corrected chi connectivity index (χ1v) is 7.17. The van der Waals surface area contributed by atoms with E-state index in [2.05, 4.69) is 31.4 Å². The van der Waals surface area contributed by atoms with Gasteiger partial charge in [0.1, 0.15) is 0 Å². The predicted octanol–water partition coefficient (Wildman–Crippen LogP) is 2.38. The Kier molecular flexibility index (Phi) is 5.93. The van der Waals surface area contributed by atoms with E-state index in [4.69, 9.17) is 5.73 Å². The van der Waals surface area contributed by atoms with Crippen LogP contribution in [0.4, 0.5) is 4.79 Å². The maximum Gasteiger partial charge on any atom is 0.315 e. The molecule has 0 aliphatic heterocycles. The summed E-state index contributed by atoms with van der Waals surface area (Å²) >= 11 is 0. The first-order chi connectivity index (χ1) is 8.37. The van der Waals surface area contributed by atoms with E-state index in [0.717, 1.165) is 19.3 Å². The van der Waals surface area contributed by atoms with Gasteiger partial charge in [0.25, 0.3) is 0 Å². The predicted molar refractivity (Wildman–Crippen MR) is 75.5 cm³/mol. The van der Waals surface area contributed by atoms with Gasteiger partial charge in [-0.2, -0.15) is 0 Å². The van der Waals surface area contributed by atoms with Crippen molar-refractivity contribution in [3.8, 4) is 0 Å². The number of urea groups is 1. The first kappa shape index (κ1) is 15.3. The zero-order chi connectivity index (χ0) is 13.6. The van der Waals surface area contributed by atoms with E-state index in [1.54, 1.807) is 0 Å². The van der Waals surface area contributed by atoms with Crippen LogP contribution in [-0.4, -0.2) is 24.7 Å². The molecule has 1 fully saturated rings. The summed E-state index contributed by atoms with van der Waals surface area (Å²) < 4.78 is 0. The van der Waals surface area contributed by atoms with Gasteiger partial charge in [-0.1, -0.05) is 40.0 Å². The number of carbonyl (C=O) groups is 1. The van der Waals surface area contributed by atoms with E-state index in [-0.39, 0.29) is 17.5 Å². The summed E-state index contributed by atoms with van der Waals surface area (Å²) in [5.41, 5.74) is 6.21. The molecular formula is C14H29N3O. The highest BCUT2D eigenvalue weighted by molar-refractivity contribution is 5.74. The molecule has 18 heavy (non-hydrogen) atoms. The van der Waals surface area contributed by atoms with Gasteiger partial charge >= 0.3 is 6.03 Å². The molecular weight excluding hydrogens is 226 g/mol. The highest BCUT2D eigenvalue weighted by Crippen LogP contribution is 2.19. The van der Waals surface area contributed by atoms with Crippen LogP contribution in [0.5, 0.6) is 0 Å². The standard InChI is InChI=1S/C14H29N3O/c1-14(2,3)9-11(15)10-16-13(18)17-12-7-5-4-6-8-12/h11-12H,4-10,15H2,1-3H3,(H2,16,17,18). The molecule has 1 rings (SSSR count). The van der Waals surface area contributed by atoms with Crippen LogP contribution in [0.2, 0.25) is 0 Å². The topological polar surface area (TPSA) is 67.1 Å². The average Bonchev–Trinajstić information content (AvgIpc) is 2.25. The molecule has 0 aromatic heterocycles. The molecule has 0 saturated heterocycles. The monoisotopic (exact) mass is 255 g/mol. The van der Waals surface area contributed by atoms with Crippen LogP contribution in [0.15, 0.2) is 0 Å². The number of hydrogen-bond donors (Lipinski definition) is 3. The van der Waals surface area contributed by atoms with Crippen molar-refractivity contribution in [3.05, 3.63) is 0 Å². The number of nitrogens with two attached hydrogens (primary N) is 1. The molecule has 2 amide bonds. The van der Waals surface area contributed by atoms with E-state index in [0.29, 0.717) is 12.6 Å². The Morgan fingerprint density at radius 2 is 1.89 bits per heavy atom. The smallest absolute Gasteiger partial charge is 0.315 e. The minimum Gasteiger partial charge on any atom is -0.337 e. The van der Waals surface area contributed by atoms with E-state index in [1.807, 2.05) is 0 Å². The van der Waals surface area contributed by atoms with Crippen LogP contribution in [0.1, 0.15) is 59.3 Å². The highest BCUT2D eigenvalue weighted by Gasteiger charge is 2.18. The van der Waals surface area contributed by atoms with Gasteiger partial charge in [-0.05, 0) is 24.7 Å². The summed E-state index contributed by atoms with van der Waals surface area (Å²) in [5.74, 6) is 0. The molecule has 0 spiro atoms. The number of nitrogens with one attached hydrogen (secondary N) is 2. The Labute approximate surface area is 111 Å². The molecule has 1 saturated carbocycles. The average molecular weight is 255 g/mol. The van der Waals surface area contributed by atoms with E-state index in [9.17, 15) is 4.79 Å². The minimum atomic E-state index is -0.0636. The molecule has 1 unspecified atom stereocenters.